The molecular formula is C16H19FN2O7S. The number of sulfone groups is 1. The van der Waals surface area contributed by atoms with Crippen LogP contribution >= 0.6 is 0 Å². The number of amides is 2. The third-order valence-electron chi connectivity index (χ3n) is 3.87. The van der Waals surface area contributed by atoms with E-state index in [1.807, 2.05) is 5.43 Å². The minimum Gasteiger partial charge on any atom is -0.497 e. The van der Waals surface area contributed by atoms with Crippen molar-refractivity contribution >= 4 is 27.6 Å². The molecule has 9 nitrogen and oxygen atoms in total. The Kier molecular flexibility index (Phi) is 6.72. The quantitative estimate of drug-likeness (QED) is 0.505. The van der Waals surface area contributed by atoms with Crippen molar-refractivity contribution in [2.24, 2.45) is 5.92 Å². The van der Waals surface area contributed by atoms with Crippen molar-refractivity contribution in [3.05, 3.63) is 29.6 Å². The summed E-state index contributed by atoms with van der Waals surface area (Å²) in [5, 5.41) is 0. The zero-order valence-electron chi connectivity index (χ0n) is 14.5. The summed E-state index contributed by atoms with van der Waals surface area (Å²) in [6.45, 7) is -0.734. The minimum atomic E-state index is -3.09. The molecule has 0 unspecified atom stereocenters. The standard InChI is InChI=1S/C16H19FN2O7S/c1-25-11-2-3-12(13(17)7-11)16(22)26-8-15(21)19-18-14(20)6-10-4-5-27(23,24)9-10/h2-3,7,10H,4-6,8-9H2,1H3,(H,18,20)(H,19,21)/t10-/m1/s1. The predicted octanol–water partition coefficient (Wildman–Crippen LogP) is -0.0367. The van der Waals surface area contributed by atoms with E-state index in [-0.39, 0.29) is 35.2 Å². The molecular weight excluding hydrogens is 383 g/mol. The van der Waals surface area contributed by atoms with Crippen molar-refractivity contribution in [2.75, 3.05) is 25.2 Å². The summed E-state index contributed by atoms with van der Waals surface area (Å²) >= 11 is 0. The summed E-state index contributed by atoms with van der Waals surface area (Å²) < 4.78 is 45.9. The number of nitrogens with one attached hydrogen (secondary N) is 2. The molecule has 0 aromatic heterocycles. The van der Waals surface area contributed by atoms with Gasteiger partial charge in [-0.3, -0.25) is 20.4 Å². The Labute approximate surface area is 155 Å². The van der Waals surface area contributed by atoms with Crippen LogP contribution in [0, 0.1) is 11.7 Å². The maximum absolute atomic E-state index is 13.7. The Morgan fingerprint density at radius 3 is 2.52 bits per heavy atom. The lowest BCUT2D eigenvalue weighted by atomic mass is 10.1. The molecule has 0 spiro atoms. The Bertz CT molecular complexity index is 841. The molecule has 148 valence electrons. The first-order valence-corrected chi connectivity index (χ1v) is 9.81. The Hall–Kier alpha value is -2.69. The second kappa shape index (κ2) is 8.80. The fraction of sp³-hybridized carbons (Fsp3) is 0.438. The van der Waals surface area contributed by atoms with Crippen molar-refractivity contribution in [3.8, 4) is 5.75 Å². The van der Waals surface area contributed by atoms with Gasteiger partial charge in [-0.15, -0.1) is 0 Å². The van der Waals surface area contributed by atoms with Crippen molar-refractivity contribution < 1.29 is 36.7 Å². The van der Waals surface area contributed by atoms with Crippen molar-refractivity contribution in [1.82, 2.24) is 10.9 Å². The molecule has 0 bridgehead atoms. The van der Waals surface area contributed by atoms with Gasteiger partial charge in [0.05, 0.1) is 24.2 Å². The minimum absolute atomic E-state index is 0.0453. The largest absolute Gasteiger partial charge is 0.497 e. The van der Waals surface area contributed by atoms with E-state index in [1.54, 1.807) is 0 Å². The smallest absolute Gasteiger partial charge is 0.341 e. The fourth-order valence-electron chi connectivity index (χ4n) is 2.52. The molecule has 27 heavy (non-hydrogen) atoms. The van der Waals surface area contributed by atoms with E-state index in [4.69, 9.17) is 4.74 Å². The first kappa shape index (κ1) is 20.6. The molecule has 1 aromatic rings. The summed E-state index contributed by atoms with van der Waals surface area (Å²) in [7, 11) is -1.74. The summed E-state index contributed by atoms with van der Waals surface area (Å²) in [4.78, 5) is 35.1. The lowest BCUT2D eigenvalue weighted by molar-refractivity contribution is -0.131. The van der Waals surface area contributed by atoms with E-state index in [0.29, 0.717) is 6.42 Å². The topological polar surface area (TPSA) is 128 Å². The number of ether oxygens (including phenoxy) is 2. The maximum atomic E-state index is 13.7. The van der Waals surface area contributed by atoms with E-state index >= 15 is 0 Å². The van der Waals surface area contributed by atoms with E-state index in [9.17, 15) is 27.2 Å². The summed E-state index contributed by atoms with van der Waals surface area (Å²) in [6.07, 6.45) is 0.352. The van der Waals surface area contributed by atoms with Gasteiger partial charge in [-0.1, -0.05) is 0 Å². The van der Waals surface area contributed by atoms with Crippen LogP contribution in [0.15, 0.2) is 18.2 Å². The second-order valence-corrected chi connectivity index (χ2v) is 8.22. The van der Waals surface area contributed by atoms with E-state index in [2.05, 4.69) is 10.2 Å². The molecule has 2 amide bonds. The van der Waals surface area contributed by atoms with Gasteiger partial charge in [-0.2, -0.15) is 0 Å². The van der Waals surface area contributed by atoms with Gasteiger partial charge in [-0.25, -0.2) is 17.6 Å². The lowest BCUT2D eigenvalue weighted by Crippen LogP contribution is -2.44. The van der Waals surface area contributed by atoms with Gasteiger partial charge in [0.15, 0.2) is 16.4 Å². The van der Waals surface area contributed by atoms with Gasteiger partial charge in [0.1, 0.15) is 11.6 Å². The van der Waals surface area contributed by atoms with E-state index < -0.39 is 40.0 Å². The first-order chi connectivity index (χ1) is 12.7. The molecule has 1 saturated heterocycles. The van der Waals surface area contributed by atoms with Gasteiger partial charge in [0.25, 0.3) is 5.91 Å². The molecule has 1 atom stereocenters. The zero-order chi connectivity index (χ0) is 20.0. The predicted molar refractivity (Wildman–Crippen MR) is 90.9 cm³/mol. The van der Waals surface area contributed by atoms with Crippen LogP contribution in [-0.2, 0) is 24.2 Å². The maximum Gasteiger partial charge on any atom is 0.341 e. The Morgan fingerprint density at radius 1 is 1.22 bits per heavy atom. The summed E-state index contributed by atoms with van der Waals surface area (Å²) in [5.74, 6) is -3.37. The number of hydrogen-bond acceptors (Lipinski definition) is 7. The van der Waals surface area contributed by atoms with Crippen molar-refractivity contribution in [1.29, 1.82) is 0 Å². The first-order valence-electron chi connectivity index (χ1n) is 7.99. The van der Waals surface area contributed by atoms with Crippen LogP contribution in [0.4, 0.5) is 4.39 Å². The zero-order valence-corrected chi connectivity index (χ0v) is 15.3. The number of hydrazine groups is 1. The highest BCUT2D eigenvalue weighted by molar-refractivity contribution is 7.91. The molecule has 11 heteroatoms. The Morgan fingerprint density at radius 2 is 1.93 bits per heavy atom. The van der Waals surface area contributed by atoms with Crippen LogP contribution in [0.1, 0.15) is 23.2 Å². The van der Waals surface area contributed by atoms with Gasteiger partial charge < -0.3 is 9.47 Å². The van der Waals surface area contributed by atoms with Crippen molar-refractivity contribution in [2.45, 2.75) is 12.8 Å². The molecule has 1 heterocycles. The van der Waals surface area contributed by atoms with Crippen LogP contribution in [0.2, 0.25) is 0 Å². The molecule has 1 aromatic carbocycles. The van der Waals surface area contributed by atoms with Crippen LogP contribution < -0.4 is 15.6 Å². The number of hydrogen-bond donors (Lipinski definition) is 2. The number of rotatable bonds is 6. The Balaban J connectivity index is 1.73. The number of carbonyl (C=O) groups is 3. The average molecular weight is 402 g/mol. The second-order valence-electron chi connectivity index (χ2n) is 5.99. The van der Waals surface area contributed by atoms with Gasteiger partial charge in [0, 0.05) is 12.5 Å². The van der Waals surface area contributed by atoms with Gasteiger partial charge in [0.2, 0.25) is 5.91 Å². The van der Waals surface area contributed by atoms with Crippen molar-refractivity contribution in [3.63, 3.8) is 0 Å². The molecule has 1 fully saturated rings. The summed E-state index contributed by atoms with van der Waals surface area (Å²) in [6, 6.07) is 3.52. The van der Waals surface area contributed by atoms with Gasteiger partial charge in [-0.05, 0) is 24.5 Å². The van der Waals surface area contributed by atoms with Crippen LogP contribution in [0.25, 0.3) is 0 Å². The third kappa shape index (κ3) is 6.20. The highest BCUT2D eigenvalue weighted by Crippen LogP contribution is 2.21. The van der Waals surface area contributed by atoms with Crippen LogP contribution in [0.5, 0.6) is 5.75 Å². The number of halogens is 1. The van der Waals surface area contributed by atoms with Crippen LogP contribution in [0.3, 0.4) is 0 Å². The van der Waals surface area contributed by atoms with Gasteiger partial charge >= 0.3 is 5.97 Å². The number of carbonyl (C=O) groups excluding carboxylic acids is 3. The molecule has 2 rings (SSSR count). The average Bonchev–Trinajstić information content (AvgIpc) is 2.96. The third-order valence-corrected chi connectivity index (χ3v) is 5.71. The highest BCUT2D eigenvalue weighted by atomic mass is 32.2. The molecule has 0 radical (unpaired) electrons. The summed E-state index contributed by atoms with van der Waals surface area (Å²) in [5.41, 5.74) is 3.78. The SMILES string of the molecule is COc1ccc(C(=O)OCC(=O)NNC(=O)C[C@H]2CCS(=O)(=O)C2)c(F)c1. The van der Waals surface area contributed by atoms with Crippen LogP contribution in [-0.4, -0.2) is 51.4 Å². The number of methoxy groups -OCH3 is 1. The fourth-order valence-corrected chi connectivity index (χ4v) is 4.38. The number of esters is 1. The lowest BCUT2D eigenvalue weighted by Gasteiger charge is -2.10. The monoisotopic (exact) mass is 402 g/mol. The molecule has 0 aliphatic carbocycles. The molecule has 2 N–H and O–H groups in total. The molecule has 1 aliphatic rings. The molecule has 0 saturated carbocycles. The van der Waals surface area contributed by atoms with E-state index in [0.717, 1.165) is 12.1 Å². The normalized spacial score (nSPS) is 17.8. The van der Waals surface area contributed by atoms with E-state index in [1.165, 1.54) is 13.2 Å². The highest BCUT2D eigenvalue weighted by Gasteiger charge is 2.29. The molecule has 1 aliphatic heterocycles. The number of benzene rings is 1.